The van der Waals surface area contributed by atoms with Crippen molar-refractivity contribution in [2.45, 2.75) is 39.9 Å². The van der Waals surface area contributed by atoms with Crippen LogP contribution in [0.1, 0.15) is 27.7 Å². The average Bonchev–Trinajstić information content (AvgIpc) is 2.27. The van der Waals surface area contributed by atoms with Crippen LogP contribution in [0.5, 0.6) is 0 Å². The Morgan fingerprint density at radius 3 is 1.84 bits per heavy atom. The summed E-state index contributed by atoms with van der Waals surface area (Å²) in [4.78, 5) is 23.3. The molecule has 0 unspecified atom stereocenters. The van der Waals surface area contributed by atoms with Crippen LogP contribution in [0.25, 0.3) is 0 Å². The molecular formula is C10H21N2O6P. The van der Waals surface area contributed by atoms with E-state index in [4.69, 9.17) is 18.5 Å². The Hall–Kier alpha value is -1.11. The molecule has 0 bridgehead atoms. The van der Waals surface area contributed by atoms with Gasteiger partial charge in [0.15, 0.2) is 0 Å². The van der Waals surface area contributed by atoms with Crippen molar-refractivity contribution < 1.29 is 28.1 Å². The fraction of sp³-hybridized carbons (Fsp3) is 0.800. The molecule has 2 amide bonds. The number of ether oxygens (including phenoxy) is 2. The van der Waals surface area contributed by atoms with E-state index in [1.54, 1.807) is 27.7 Å². The van der Waals surface area contributed by atoms with Crippen molar-refractivity contribution in [2.75, 3.05) is 14.2 Å². The molecule has 0 saturated heterocycles. The summed E-state index contributed by atoms with van der Waals surface area (Å²) < 4.78 is 20.6. The van der Waals surface area contributed by atoms with Crippen LogP contribution in [-0.2, 0) is 18.5 Å². The van der Waals surface area contributed by atoms with E-state index in [2.05, 4.69) is 5.43 Å². The lowest BCUT2D eigenvalue weighted by Gasteiger charge is -2.27. The standard InChI is InChI=1S/C10H21N2O6P/c1-7(2)17-9(13)11-12(19(15-5)16-6)10(14)18-8(3)4/h7-8H,1-6H3,(H,11,13). The molecule has 0 radical (unpaired) electrons. The highest BCUT2D eigenvalue weighted by molar-refractivity contribution is 7.45. The fourth-order valence-corrected chi connectivity index (χ4v) is 1.79. The van der Waals surface area contributed by atoms with E-state index in [0.29, 0.717) is 0 Å². The smallest absolute Gasteiger partial charge is 0.436 e. The van der Waals surface area contributed by atoms with Gasteiger partial charge in [-0.05, 0) is 27.7 Å². The normalized spacial score (nSPS) is 10.8. The maximum Gasteiger partial charge on any atom is 0.436 e. The number of amides is 2. The molecule has 0 rings (SSSR count). The van der Waals surface area contributed by atoms with Gasteiger partial charge in [0, 0.05) is 14.2 Å². The summed E-state index contributed by atoms with van der Waals surface area (Å²) in [5.41, 5.74) is 2.23. The van der Waals surface area contributed by atoms with E-state index in [0.717, 1.165) is 4.78 Å². The first-order chi connectivity index (χ1) is 8.81. The van der Waals surface area contributed by atoms with E-state index in [9.17, 15) is 9.59 Å². The molecule has 8 nitrogen and oxygen atoms in total. The summed E-state index contributed by atoms with van der Waals surface area (Å²) in [5.74, 6) is 0. The molecule has 0 atom stereocenters. The van der Waals surface area contributed by atoms with Crippen LogP contribution in [0.3, 0.4) is 0 Å². The molecule has 1 N–H and O–H groups in total. The van der Waals surface area contributed by atoms with Crippen molar-refractivity contribution >= 4 is 20.7 Å². The van der Waals surface area contributed by atoms with Crippen LogP contribution >= 0.6 is 8.53 Å². The predicted octanol–water partition coefficient (Wildman–Crippen LogP) is 2.40. The zero-order valence-corrected chi connectivity index (χ0v) is 12.9. The lowest BCUT2D eigenvalue weighted by atomic mass is 10.5. The van der Waals surface area contributed by atoms with Crippen molar-refractivity contribution in [3.63, 3.8) is 0 Å². The first-order valence-corrected chi connectivity index (χ1v) is 6.81. The van der Waals surface area contributed by atoms with Crippen LogP contribution in [0.15, 0.2) is 0 Å². The van der Waals surface area contributed by atoms with E-state index < -0.39 is 20.7 Å². The average molecular weight is 296 g/mol. The molecule has 0 aliphatic carbocycles. The second-order valence-electron chi connectivity index (χ2n) is 3.91. The summed E-state index contributed by atoms with van der Waals surface area (Å²) in [6.07, 6.45) is -2.24. The summed E-state index contributed by atoms with van der Waals surface area (Å²) in [5, 5.41) is 0. The molecule has 0 aliphatic heterocycles. The van der Waals surface area contributed by atoms with Crippen molar-refractivity contribution in [2.24, 2.45) is 0 Å². The molecule has 0 aromatic rings. The molecule has 0 aliphatic rings. The first-order valence-electron chi connectivity index (χ1n) is 5.68. The van der Waals surface area contributed by atoms with Gasteiger partial charge < -0.3 is 18.5 Å². The highest BCUT2D eigenvalue weighted by Crippen LogP contribution is 2.39. The van der Waals surface area contributed by atoms with Gasteiger partial charge >= 0.3 is 20.7 Å². The van der Waals surface area contributed by atoms with E-state index in [1.807, 2.05) is 0 Å². The Morgan fingerprint density at radius 2 is 1.47 bits per heavy atom. The molecule has 19 heavy (non-hydrogen) atoms. The molecule has 112 valence electrons. The Kier molecular flexibility index (Phi) is 8.38. The topological polar surface area (TPSA) is 86.3 Å². The fourth-order valence-electron chi connectivity index (χ4n) is 0.969. The van der Waals surface area contributed by atoms with Crippen molar-refractivity contribution in [1.29, 1.82) is 0 Å². The Balaban J connectivity index is 4.75. The molecule has 0 heterocycles. The number of carbonyl (C=O) groups is 2. The Labute approximate surface area is 114 Å². The van der Waals surface area contributed by atoms with Crippen LogP contribution in [0, 0.1) is 0 Å². The molecular weight excluding hydrogens is 275 g/mol. The number of hydrazine groups is 1. The predicted molar refractivity (Wildman–Crippen MR) is 69.1 cm³/mol. The van der Waals surface area contributed by atoms with Gasteiger partial charge in [0.25, 0.3) is 0 Å². The lowest BCUT2D eigenvalue weighted by molar-refractivity contribution is 0.0655. The van der Waals surface area contributed by atoms with E-state index in [-0.39, 0.29) is 12.2 Å². The summed E-state index contributed by atoms with van der Waals surface area (Å²) in [7, 11) is 0.895. The number of rotatable bonds is 5. The lowest BCUT2D eigenvalue weighted by Crippen LogP contribution is -2.44. The van der Waals surface area contributed by atoms with Gasteiger partial charge in [-0.2, -0.15) is 0 Å². The minimum absolute atomic E-state index is 0.320. The largest absolute Gasteiger partial charge is 0.446 e. The Morgan fingerprint density at radius 1 is 1.00 bits per heavy atom. The third-order valence-corrected chi connectivity index (χ3v) is 2.74. The van der Waals surface area contributed by atoms with Gasteiger partial charge in [-0.3, -0.25) is 0 Å². The minimum Gasteiger partial charge on any atom is -0.446 e. The number of nitrogens with one attached hydrogen (secondary N) is 1. The molecule has 0 spiro atoms. The summed E-state index contributed by atoms with van der Waals surface area (Å²) >= 11 is 0. The van der Waals surface area contributed by atoms with Crippen LogP contribution < -0.4 is 5.43 Å². The van der Waals surface area contributed by atoms with Gasteiger partial charge in [0.2, 0.25) is 0 Å². The summed E-state index contributed by atoms with van der Waals surface area (Å²) in [6.45, 7) is 6.74. The second-order valence-corrected chi connectivity index (χ2v) is 5.52. The number of carbonyl (C=O) groups excluding carboxylic acids is 2. The molecule has 0 saturated carbocycles. The maximum absolute atomic E-state index is 11.8. The highest BCUT2D eigenvalue weighted by atomic mass is 31.2. The Bertz CT molecular complexity index is 296. The van der Waals surface area contributed by atoms with E-state index in [1.165, 1.54) is 14.2 Å². The zero-order valence-electron chi connectivity index (χ0n) is 12.0. The number of hydrogen-bond acceptors (Lipinski definition) is 6. The number of nitrogens with zero attached hydrogens (tertiary/aromatic N) is 1. The second kappa shape index (κ2) is 8.90. The third kappa shape index (κ3) is 7.15. The van der Waals surface area contributed by atoms with Crippen LogP contribution in [0.4, 0.5) is 9.59 Å². The van der Waals surface area contributed by atoms with Crippen LogP contribution in [-0.4, -0.2) is 43.4 Å². The monoisotopic (exact) mass is 296 g/mol. The van der Waals surface area contributed by atoms with Crippen molar-refractivity contribution in [1.82, 2.24) is 10.2 Å². The van der Waals surface area contributed by atoms with Gasteiger partial charge in [-0.25, -0.2) is 15.0 Å². The van der Waals surface area contributed by atoms with Gasteiger partial charge in [0.1, 0.15) is 0 Å². The number of hydrogen-bond donors (Lipinski definition) is 1. The van der Waals surface area contributed by atoms with Crippen molar-refractivity contribution in [3.05, 3.63) is 0 Å². The minimum atomic E-state index is -1.80. The zero-order chi connectivity index (χ0) is 15.0. The highest BCUT2D eigenvalue weighted by Gasteiger charge is 2.30. The van der Waals surface area contributed by atoms with Crippen molar-refractivity contribution in [3.8, 4) is 0 Å². The van der Waals surface area contributed by atoms with E-state index >= 15 is 0 Å². The first kappa shape index (κ1) is 17.9. The van der Waals surface area contributed by atoms with Crippen LogP contribution in [0.2, 0.25) is 0 Å². The van der Waals surface area contributed by atoms with Gasteiger partial charge in [-0.15, -0.1) is 4.78 Å². The maximum atomic E-state index is 11.8. The molecule has 0 aromatic heterocycles. The van der Waals surface area contributed by atoms with Gasteiger partial charge in [-0.1, -0.05) is 0 Å². The quantitative estimate of drug-likeness (QED) is 0.619. The summed E-state index contributed by atoms with van der Waals surface area (Å²) in [6, 6.07) is 0. The third-order valence-electron chi connectivity index (χ3n) is 1.53. The molecule has 0 aromatic carbocycles. The SMILES string of the molecule is COP(OC)N(NC(=O)OC(C)C)C(=O)OC(C)C. The molecule has 0 fully saturated rings. The van der Waals surface area contributed by atoms with Gasteiger partial charge in [0.05, 0.1) is 12.2 Å². The molecule has 9 heteroatoms.